The fourth-order valence-electron chi connectivity index (χ4n) is 6.01. The van der Waals surface area contributed by atoms with Crippen molar-refractivity contribution in [3.05, 3.63) is 76.4 Å². The number of hydrogen-bond donors (Lipinski definition) is 0. The molecular formula is C27H28O2. The third-order valence-corrected chi connectivity index (χ3v) is 6.99. The van der Waals surface area contributed by atoms with Crippen LogP contribution in [0.4, 0.5) is 0 Å². The lowest BCUT2D eigenvalue weighted by molar-refractivity contribution is 0.174. The second-order valence-corrected chi connectivity index (χ2v) is 7.99. The molecular weight excluding hydrogens is 356 g/mol. The molecule has 1 aliphatic heterocycles. The molecule has 148 valence electrons. The standard InChI is InChI=1S/C27H28O2/c1-5-18-21(6-2)27(8-4)22(7-3)19-11-9-10-12-20(19)26(27)25(18)17-13-14-23-24(15-17)29-16-28-23/h7,9-15H,5-6,8,16H2,1-4H3/b22-7+. The SMILES string of the molecule is C/C=C1\c2ccccc2C2=C(c3ccc4c(c3)OCO4)C(CC)=C(CC)C21CC. The monoisotopic (exact) mass is 384 g/mol. The number of rotatable bonds is 4. The minimum absolute atomic E-state index is 0.00969. The molecule has 5 rings (SSSR count). The van der Waals surface area contributed by atoms with Crippen LogP contribution in [-0.2, 0) is 0 Å². The number of fused-ring (bicyclic) bond motifs is 4. The Kier molecular flexibility index (Phi) is 4.20. The third kappa shape index (κ3) is 2.23. The third-order valence-electron chi connectivity index (χ3n) is 6.99. The fraction of sp³-hybridized carbons (Fsp3) is 0.333. The maximum atomic E-state index is 5.72. The van der Waals surface area contributed by atoms with Gasteiger partial charge in [-0.15, -0.1) is 0 Å². The largest absolute Gasteiger partial charge is 0.454 e. The number of allylic oxidation sites excluding steroid dienone is 6. The zero-order chi connectivity index (χ0) is 20.2. The van der Waals surface area contributed by atoms with Gasteiger partial charge in [-0.3, -0.25) is 0 Å². The summed E-state index contributed by atoms with van der Waals surface area (Å²) in [7, 11) is 0. The summed E-state index contributed by atoms with van der Waals surface area (Å²) < 4.78 is 11.3. The molecule has 0 N–H and O–H groups in total. The number of hydrogen-bond acceptors (Lipinski definition) is 2. The van der Waals surface area contributed by atoms with Crippen molar-refractivity contribution in [2.45, 2.75) is 47.0 Å². The highest BCUT2D eigenvalue weighted by Gasteiger charge is 2.52. The Morgan fingerprint density at radius 2 is 1.69 bits per heavy atom. The molecule has 0 spiro atoms. The van der Waals surface area contributed by atoms with Gasteiger partial charge < -0.3 is 9.47 Å². The Bertz CT molecular complexity index is 1100. The minimum Gasteiger partial charge on any atom is -0.454 e. The zero-order valence-corrected chi connectivity index (χ0v) is 17.8. The van der Waals surface area contributed by atoms with Crippen molar-refractivity contribution in [2.24, 2.45) is 5.41 Å². The molecule has 2 aliphatic carbocycles. The summed E-state index contributed by atoms with van der Waals surface area (Å²) >= 11 is 0. The van der Waals surface area contributed by atoms with E-state index in [9.17, 15) is 0 Å². The van der Waals surface area contributed by atoms with E-state index in [2.05, 4.69) is 76.2 Å². The first-order chi connectivity index (χ1) is 14.2. The Morgan fingerprint density at radius 1 is 0.931 bits per heavy atom. The molecule has 2 aromatic rings. The van der Waals surface area contributed by atoms with Crippen molar-refractivity contribution >= 4 is 16.7 Å². The molecule has 1 unspecified atom stereocenters. The highest BCUT2D eigenvalue weighted by Crippen LogP contribution is 2.68. The van der Waals surface area contributed by atoms with Crippen LogP contribution < -0.4 is 9.47 Å². The first-order valence-corrected chi connectivity index (χ1v) is 10.8. The normalized spacial score (nSPS) is 23.2. The second kappa shape index (κ2) is 6.66. The van der Waals surface area contributed by atoms with Crippen molar-refractivity contribution in [3.63, 3.8) is 0 Å². The van der Waals surface area contributed by atoms with E-state index in [1.165, 1.54) is 39.0 Å². The van der Waals surface area contributed by atoms with E-state index >= 15 is 0 Å². The number of benzene rings is 2. The van der Waals surface area contributed by atoms with Gasteiger partial charge in [0, 0.05) is 5.41 Å². The molecule has 1 atom stereocenters. The topological polar surface area (TPSA) is 18.5 Å². The lowest BCUT2D eigenvalue weighted by Crippen LogP contribution is -2.19. The highest BCUT2D eigenvalue weighted by atomic mass is 16.7. The van der Waals surface area contributed by atoms with E-state index in [0.717, 1.165) is 30.8 Å². The molecule has 0 saturated heterocycles. The molecule has 1 heterocycles. The molecule has 0 bridgehead atoms. The Morgan fingerprint density at radius 3 is 2.38 bits per heavy atom. The molecule has 2 heteroatoms. The van der Waals surface area contributed by atoms with E-state index in [1.54, 1.807) is 5.57 Å². The summed E-state index contributed by atoms with van der Waals surface area (Å²) in [5.74, 6) is 1.70. The molecule has 2 nitrogen and oxygen atoms in total. The molecule has 29 heavy (non-hydrogen) atoms. The molecule has 0 saturated carbocycles. The molecule has 2 aromatic carbocycles. The van der Waals surface area contributed by atoms with Gasteiger partial charge in [-0.25, -0.2) is 0 Å². The van der Waals surface area contributed by atoms with Gasteiger partial charge in [0.15, 0.2) is 11.5 Å². The molecule has 0 aromatic heterocycles. The van der Waals surface area contributed by atoms with Crippen LogP contribution in [0.2, 0.25) is 0 Å². The van der Waals surface area contributed by atoms with Gasteiger partial charge in [0.1, 0.15) is 0 Å². The Labute approximate surface area is 173 Å². The Hall–Kier alpha value is -2.74. The quantitative estimate of drug-likeness (QED) is 0.552. The summed E-state index contributed by atoms with van der Waals surface area (Å²) in [5, 5.41) is 0. The summed E-state index contributed by atoms with van der Waals surface area (Å²) in [6.45, 7) is 9.47. The predicted molar refractivity (Wildman–Crippen MR) is 120 cm³/mol. The fourth-order valence-corrected chi connectivity index (χ4v) is 6.01. The lowest BCUT2D eigenvalue weighted by atomic mass is 9.70. The van der Waals surface area contributed by atoms with Gasteiger partial charge in [0.05, 0.1) is 0 Å². The van der Waals surface area contributed by atoms with Crippen molar-refractivity contribution in [1.29, 1.82) is 0 Å². The molecule has 0 fully saturated rings. The lowest BCUT2D eigenvalue weighted by Gasteiger charge is -2.32. The maximum absolute atomic E-state index is 5.72. The summed E-state index contributed by atoms with van der Waals surface area (Å²) in [6, 6.07) is 15.4. The minimum atomic E-state index is -0.00969. The van der Waals surface area contributed by atoms with Gasteiger partial charge in [-0.1, -0.05) is 62.8 Å². The van der Waals surface area contributed by atoms with E-state index in [1.807, 2.05) is 0 Å². The van der Waals surface area contributed by atoms with Gasteiger partial charge in [-0.2, -0.15) is 0 Å². The van der Waals surface area contributed by atoms with Crippen molar-refractivity contribution in [1.82, 2.24) is 0 Å². The van der Waals surface area contributed by atoms with Crippen LogP contribution in [0.3, 0.4) is 0 Å². The van der Waals surface area contributed by atoms with E-state index < -0.39 is 0 Å². The average Bonchev–Trinajstić information content (AvgIpc) is 3.41. The number of ether oxygens (including phenoxy) is 2. The van der Waals surface area contributed by atoms with Crippen LogP contribution >= 0.6 is 0 Å². The zero-order valence-electron chi connectivity index (χ0n) is 17.8. The van der Waals surface area contributed by atoms with E-state index in [4.69, 9.17) is 9.47 Å². The van der Waals surface area contributed by atoms with Crippen LogP contribution in [0.15, 0.2) is 59.7 Å². The maximum Gasteiger partial charge on any atom is 0.231 e. The van der Waals surface area contributed by atoms with Crippen LogP contribution in [0.5, 0.6) is 11.5 Å². The van der Waals surface area contributed by atoms with Crippen molar-refractivity contribution in [3.8, 4) is 11.5 Å². The second-order valence-electron chi connectivity index (χ2n) is 7.99. The van der Waals surface area contributed by atoms with Gasteiger partial charge in [0.2, 0.25) is 6.79 Å². The van der Waals surface area contributed by atoms with Gasteiger partial charge >= 0.3 is 0 Å². The summed E-state index contributed by atoms with van der Waals surface area (Å²) in [4.78, 5) is 0. The van der Waals surface area contributed by atoms with Gasteiger partial charge in [-0.05, 0) is 77.3 Å². The molecule has 0 amide bonds. The van der Waals surface area contributed by atoms with Crippen molar-refractivity contribution in [2.75, 3.05) is 6.79 Å². The Balaban J connectivity index is 1.89. The van der Waals surface area contributed by atoms with Crippen LogP contribution in [-0.4, -0.2) is 6.79 Å². The first kappa shape index (κ1) is 18.3. The van der Waals surface area contributed by atoms with E-state index in [0.29, 0.717) is 6.79 Å². The summed E-state index contributed by atoms with van der Waals surface area (Å²) in [6.07, 6.45) is 5.54. The van der Waals surface area contributed by atoms with Crippen molar-refractivity contribution < 1.29 is 9.47 Å². The summed E-state index contributed by atoms with van der Waals surface area (Å²) in [5.41, 5.74) is 11.5. The smallest absolute Gasteiger partial charge is 0.231 e. The molecule has 3 aliphatic rings. The predicted octanol–water partition coefficient (Wildman–Crippen LogP) is 7.27. The average molecular weight is 385 g/mol. The van der Waals surface area contributed by atoms with Crippen LogP contribution in [0.25, 0.3) is 16.7 Å². The van der Waals surface area contributed by atoms with Crippen LogP contribution in [0.1, 0.15) is 63.6 Å². The highest BCUT2D eigenvalue weighted by molar-refractivity contribution is 6.16. The first-order valence-electron chi connectivity index (χ1n) is 10.8. The van der Waals surface area contributed by atoms with E-state index in [-0.39, 0.29) is 5.41 Å². The van der Waals surface area contributed by atoms with Gasteiger partial charge in [0.25, 0.3) is 0 Å². The van der Waals surface area contributed by atoms with Crippen LogP contribution in [0, 0.1) is 5.41 Å². The molecule has 0 radical (unpaired) electrons.